The van der Waals surface area contributed by atoms with Crippen molar-refractivity contribution in [2.75, 3.05) is 12.4 Å². The first kappa shape index (κ1) is 7.86. The van der Waals surface area contributed by atoms with Crippen LogP contribution in [0, 0.1) is 0 Å². The lowest BCUT2D eigenvalue weighted by atomic mass is 9.97. The van der Waals surface area contributed by atoms with Crippen molar-refractivity contribution in [3.05, 3.63) is 24.4 Å². The molecule has 56 valence electrons. The molecule has 0 saturated carbocycles. The SMILES string of the molecule is Bc1cnc(NC)c(C=C)c1. The molecular weight excluding hydrogens is 135 g/mol. The second kappa shape index (κ2) is 3.24. The van der Waals surface area contributed by atoms with Crippen molar-refractivity contribution in [2.45, 2.75) is 0 Å². The summed E-state index contributed by atoms with van der Waals surface area (Å²) < 4.78 is 0. The predicted molar refractivity (Wildman–Crippen MR) is 52.1 cm³/mol. The molecule has 1 aromatic rings. The maximum absolute atomic E-state index is 4.19. The van der Waals surface area contributed by atoms with Crippen LogP contribution in [0.2, 0.25) is 0 Å². The molecule has 0 fully saturated rings. The second-order valence-electron chi connectivity index (χ2n) is 2.40. The van der Waals surface area contributed by atoms with Gasteiger partial charge in [0.2, 0.25) is 0 Å². The van der Waals surface area contributed by atoms with Crippen molar-refractivity contribution in [3.8, 4) is 0 Å². The normalized spacial score (nSPS) is 9.18. The maximum atomic E-state index is 4.19. The maximum Gasteiger partial charge on any atom is 0.141 e. The Labute approximate surface area is 67.8 Å². The Kier molecular flexibility index (Phi) is 2.31. The molecule has 0 bridgehead atoms. The van der Waals surface area contributed by atoms with Crippen molar-refractivity contribution in [2.24, 2.45) is 0 Å². The Balaban J connectivity index is 3.16. The van der Waals surface area contributed by atoms with Crippen LogP contribution in [-0.2, 0) is 0 Å². The number of anilines is 1. The Bertz CT molecular complexity index is 271. The van der Waals surface area contributed by atoms with E-state index >= 15 is 0 Å². The summed E-state index contributed by atoms with van der Waals surface area (Å²) in [7, 11) is 3.87. The van der Waals surface area contributed by atoms with Crippen LogP contribution in [0.3, 0.4) is 0 Å². The summed E-state index contributed by atoms with van der Waals surface area (Å²) >= 11 is 0. The average molecular weight is 146 g/mol. The number of hydrogen-bond acceptors (Lipinski definition) is 2. The Morgan fingerprint density at radius 1 is 1.73 bits per heavy atom. The third-order valence-corrected chi connectivity index (χ3v) is 1.51. The van der Waals surface area contributed by atoms with Gasteiger partial charge < -0.3 is 5.32 Å². The molecule has 0 atom stereocenters. The summed E-state index contributed by atoms with van der Waals surface area (Å²) in [6.07, 6.45) is 3.63. The lowest BCUT2D eigenvalue weighted by molar-refractivity contribution is 1.29. The second-order valence-corrected chi connectivity index (χ2v) is 2.40. The van der Waals surface area contributed by atoms with E-state index in [1.807, 2.05) is 27.2 Å². The molecule has 0 aromatic carbocycles. The molecule has 0 saturated heterocycles. The van der Waals surface area contributed by atoms with Gasteiger partial charge in [0, 0.05) is 18.8 Å². The lowest BCUT2D eigenvalue weighted by Crippen LogP contribution is -2.06. The van der Waals surface area contributed by atoms with Gasteiger partial charge in [-0.2, -0.15) is 0 Å². The summed E-state index contributed by atoms with van der Waals surface area (Å²) in [4.78, 5) is 4.19. The first-order chi connectivity index (χ1) is 5.27. The van der Waals surface area contributed by atoms with Crippen LogP contribution in [-0.4, -0.2) is 19.9 Å². The average Bonchev–Trinajstić information content (AvgIpc) is 2.04. The van der Waals surface area contributed by atoms with E-state index in [9.17, 15) is 0 Å². The quantitative estimate of drug-likeness (QED) is 0.595. The first-order valence-corrected chi connectivity index (χ1v) is 3.54. The lowest BCUT2D eigenvalue weighted by Gasteiger charge is -2.03. The summed E-state index contributed by atoms with van der Waals surface area (Å²) in [6, 6.07) is 2.05. The van der Waals surface area contributed by atoms with Crippen LogP contribution < -0.4 is 10.8 Å². The molecule has 1 aromatic heterocycles. The molecule has 1 N–H and O–H groups in total. The van der Waals surface area contributed by atoms with E-state index in [0.717, 1.165) is 16.8 Å². The van der Waals surface area contributed by atoms with Crippen molar-refractivity contribution in [1.82, 2.24) is 4.98 Å². The highest BCUT2D eigenvalue weighted by Crippen LogP contribution is 2.09. The zero-order chi connectivity index (χ0) is 8.27. The van der Waals surface area contributed by atoms with E-state index in [0.29, 0.717) is 0 Å². The van der Waals surface area contributed by atoms with Crippen LogP contribution in [0.15, 0.2) is 18.8 Å². The van der Waals surface area contributed by atoms with Crippen LogP contribution in [0.5, 0.6) is 0 Å². The van der Waals surface area contributed by atoms with E-state index in [1.54, 1.807) is 6.08 Å². The van der Waals surface area contributed by atoms with Gasteiger partial charge in [-0.25, -0.2) is 4.98 Å². The molecule has 0 aliphatic carbocycles. The van der Waals surface area contributed by atoms with Gasteiger partial charge >= 0.3 is 0 Å². The molecule has 3 heteroatoms. The molecule has 0 spiro atoms. The number of nitrogens with one attached hydrogen (secondary N) is 1. The zero-order valence-electron chi connectivity index (χ0n) is 6.89. The van der Waals surface area contributed by atoms with Crippen LogP contribution in [0.1, 0.15) is 5.56 Å². The molecule has 0 unspecified atom stereocenters. The number of nitrogens with zero attached hydrogens (tertiary/aromatic N) is 1. The minimum atomic E-state index is 0.880. The number of aromatic nitrogens is 1. The van der Waals surface area contributed by atoms with Gasteiger partial charge in [0.05, 0.1) is 0 Å². The highest BCUT2D eigenvalue weighted by Gasteiger charge is 1.96. The summed E-state index contributed by atoms with van der Waals surface area (Å²) in [6.45, 7) is 3.70. The standard InChI is InChI=1S/C8H11BN2/c1-3-6-4-7(9)5-11-8(6)10-2/h3-5H,1,9H2,2H3,(H,10,11). The van der Waals surface area contributed by atoms with Gasteiger partial charge in [-0.05, 0) is 0 Å². The Hall–Kier alpha value is -1.25. The Morgan fingerprint density at radius 3 is 3.00 bits per heavy atom. The topological polar surface area (TPSA) is 24.9 Å². The third kappa shape index (κ3) is 1.61. The number of pyridine rings is 1. The number of rotatable bonds is 2. The molecule has 0 radical (unpaired) electrons. The van der Waals surface area contributed by atoms with E-state index in [-0.39, 0.29) is 0 Å². The highest BCUT2D eigenvalue weighted by molar-refractivity contribution is 6.32. The van der Waals surface area contributed by atoms with Crippen molar-refractivity contribution in [1.29, 1.82) is 0 Å². The van der Waals surface area contributed by atoms with E-state index in [4.69, 9.17) is 0 Å². The fourth-order valence-electron chi connectivity index (χ4n) is 0.956. The highest BCUT2D eigenvalue weighted by atomic mass is 15.0. The van der Waals surface area contributed by atoms with Crippen LogP contribution in [0.4, 0.5) is 5.82 Å². The van der Waals surface area contributed by atoms with E-state index in [1.165, 1.54) is 0 Å². The monoisotopic (exact) mass is 146 g/mol. The van der Waals surface area contributed by atoms with E-state index in [2.05, 4.69) is 16.9 Å². The molecule has 0 amide bonds. The molecule has 2 nitrogen and oxygen atoms in total. The molecule has 0 aliphatic heterocycles. The smallest absolute Gasteiger partial charge is 0.141 e. The third-order valence-electron chi connectivity index (χ3n) is 1.51. The summed E-state index contributed by atoms with van der Waals surface area (Å²) in [5, 5.41) is 2.99. The van der Waals surface area contributed by atoms with Gasteiger partial charge in [0.1, 0.15) is 13.7 Å². The van der Waals surface area contributed by atoms with Crippen molar-refractivity contribution in [3.63, 3.8) is 0 Å². The first-order valence-electron chi connectivity index (χ1n) is 3.54. The van der Waals surface area contributed by atoms with Gasteiger partial charge in [0.25, 0.3) is 0 Å². The van der Waals surface area contributed by atoms with Crippen molar-refractivity contribution >= 4 is 25.2 Å². The fraction of sp³-hybridized carbons (Fsp3) is 0.125. The van der Waals surface area contributed by atoms with Gasteiger partial charge in [-0.1, -0.05) is 24.2 Å². The molecule has 0 aliphatic rings. The number of hydrogen-bond donors (Lipinski definition) is 1. The van der Waals surface area contributed by atoms with E-state index < -0.39 is 0 Å². The molecular formula is C8H11BN2. The minimum Gasteiger partial charge on any atom is -0.373 e. The molecule has 1 rings (SSSR count). The summed E-state index contributed by atoms with van der Waals surface area (Å²) in [5.41, 5.74) is 2.20. The largest absolute Gasteiger partial charge is 0.373 e. The molecule has 11 heavy (non-hydrogen) atoms. The fourth-order valence-corrected chi connectivity index (χ4v) is 0.956. The van der Waals surface area contributed by atoms with Crippen molar-refractivity contribution < 1.29 is 0 Å². The van der Waals surface area contributed by atoms with Gasteiger partial charge in [-0.15, -0.1) is 0 Å². The zero-order valence-corrected chi connectivity index (χ0v) is 6.89. The predicted octanol–water partition coefficient (Wildman–Crippen LogP) is 0.0247. The summed E-state index contributed by atoms with van der Waals surface area (Å²) in [5.74, 6) is 0.880. The minimum absolute atomic E-state index is 0.880. The van der Waals surface area contributed by atoms with Gasteiger partial charge in [-0.3, -0.25) is 0 Å². The molecule has 1 heterocycles. The van der Waals surface area contributed by atoms with Crippen LogP contribution >= 0.6 is 0 Å². The Morgan fingerprint density at radius 2 is 2.45 bits per heavy atom. The van der Waals surface area contributed by atoms with Crippen LogP contribution in [0.25, 0.3) is 6.08 Å². The van der Waals surface area contributed by atoms with Gasteiger partial charge in [0.15, 0.2) is 0 Å².